The number of benzene rings is 1. The molecule has 0 aromatic heterocycles. The van der Waals surface area contributed by atoms with Gasteiger partial charge in [0.05, 0.1) is 31.7 Å². The van der Waals surface area contributed by atoms with Gasteiger partial charge >= 0.3 is 12.0 Å². The Morgan fingerprint density at radius 3 is 2.53 bits per heavy atom. The molecule has 0 bridgehead atoms. The summed E-state index contributed by atoms with van der Waals surface area (Å²) in [6.07, 6.45) is -1.10. The summed E-state index contributed by atoms with van der Waals surface area (Å²) in [6, 6.07) is 4.59. The molecule has 1 aromatic rings. The Kier molecular flexibility index (Phi) is 9.58. The normalized spacial score (nSPS) is 14.4. The van der Waals surface area contributed by atoms with Crippen molar-refractivity contribution in [2.24, 2.45) is 11.7 Å². The van der Waals surface area contributed by atoms with E-state index >= 15 is 0 Å². The van der Waals surface area contributed by atoms with Crippen LogP contribution in [-0.4, -0.2) is 72.5 Å². The van der Waals surface area contributed by atoms with Gasteiger partial charge in [0.1, 0.15) is 12.4 Å². The van der Waals surface area contributed by atoms with Crippen molar-refractivity contribution < 1.29 is 38.6 Å². The van der Waals surface area contributed by atoms with Crippen LogP contribution in [0.25, 0.3) is 0 Å². The van der Waals surface area contributed by atoms with Crippen LogP contribution in [0.15, 0.2) is 18.2 Å². The Hall–Kier alpha value is -3.43. The second-order valence-electron chi connectivity index (χ2n) is 7.26. The van der Waals surface area contributed by atoms with Crippen LogP contribution in [0.3, 0.4) is 0 Å². The Morgan fingerprint density at radius 2 is 1.91 bits per heavy atom. The number of ether oxygens (including phenoxy) is 1. The summed E-state index contributed by atoms with van der Waals surface area (Å²) in [7, 11) is 1.46. The summed E-state index contributed by atoms with van der Waals surface area (Å²) >= 11 is 2.08. The minimum atomic E-state index is -1.30. The first-order valence-corrected chi connectivity index (χ1v) is 11.1. The second kappa shape index (κ2) is 12.2. The third kappa shape index (κ3) is 7.29. The van der Waals surface area contributed by atoms with Crippen molar-refractivity contribution in [1.29, 1.82) is 0 Å². The van der Waals surface area contributed by atoms with Crippen LogP contribution < -0.4 is 26.0 Å². The van der Waals surface area contributed by atoms with Crippen molar-refractivity contribution in [1.82, 2.24) is 15.5 Å². The predicted molar refractivity (Wildman–Crippen MR) is 125 cm³/mol. The first kappa shape index (κ1) is 26.8. The zero-order chi connectivity index (χ0) is 25.4. The minimum Gasteiger partial charge on any atom is -0.495 e. The van der Waals surface area contributed by atoms with Crippen LogP contribution >= 0.6 is 22.6 Å². The molecule has 5 N–H and O–H groups in total. The van der Waals surface area contributed by atoms with E-state index in [0.29, 0.717) is 11.4 Å². The monoisotopic (exact) mass is 589 g/mol. The van der Waals surface area contributed by atoms with Crippen LogP contribution in [-0.2, 0) is 24.0 Å². The lowest BCUT2D eigenvalue weighted by molar-refractivity contribution is -0.141. The molecule has 1 aromatic carbocycles. The number of aliphatic carboxylic acids is 1. The van der Waals surface area contributed by atoms with Crippen molar-refractivity contribution in [3.05, 3.63) is 21.8 Å². The molecule has 13 nitrogen and oxygen atoms in total. The number of urea groups is 1. The lowest BCUT2D eigenvalue weighted by Crippen LogP contribution is -2.56. The Labute approximate surface area is 208 Å². The molecule has 34 heavy (non-hydrogen) atoms. The summed E-state index contributed by atoms with van der Waals surface area (Å²) < 4.78 is 6.16. The number of imide groups is 1. The molecule has 184 valence electrons. The number of methoxy groups -OCH3 is 1. The smallest absolute Gasteiger partial charge is 0.332 e. The van der Waals surface area contributed by atoms with E-state index in [9.17, 15) is 28.8 Å². The molecule has 1 fully saturated rings. The number of rotatable bonds is 11. The molecule has 1 heterocycles. The number of halogens is 1. The Bertz CT molecular complexity index is 985. The molecule has 14 heteroatoms. The van der Waals surface area contributed by atoms with E-state index in [4.69, 9.17) is 15.6 Å². The highest BCUT2D eigenvalue weighted by atomic mass is 127. The molecule has 1 saturated heterocycles. The van der Waals surface area contributed by atoms with Crippen LogP contribution in [0.4, 0.5) is 10.5 Å². The van der Waals surface area contributed by atoms with Gasteiger partial charge in [-0.05, 0) is 40.8 Å². The van der Waals surface area contributed by atoms with E-state index in [0.717, 1.165) is 8.47 Å². The summed E-state index contributed by atoms with van der Waals surface area (Å²) in [5.41, 5.74) is 5.51. The highest BCUT2D eigenvalue weighted by molar-refractivity contribution is 14.1. The zero-order valence-electron chi connectivity index (χ0n) is 18.2. The summed E-state index contributed by atoms with van der Waals surface area (Å²) in [5.74, 6) is -5.00. The second-order valence-corrected chi connectivity index (χ2v) is 8.51. The molecule has 0 unspecified atom stereocenters. The Balaban J connectivity index is 1.97. The number of amides is 6. The largest absolute Gasteiger partial charge is 0.495 e. The van der Waals surface area contributed by atoms with Gasteiger partial charge in [-0.2, -0.15) is 0 Å². The maximum atomic E-state index is 12.9. The minimum absolute atomic E-state index is 0.0248. The number of nitrogens with one attached hydrogen (secondary N) is 2. The molecule has 0 spiro atoms. The van der Waals surface area contributed by atoms with Gasteiger partial charge in [-0.3, -0.25) is 28.9 Å². The highest BCUT2D eigenvalue weighted by Crippen LogP contribution is 2.32. The first-order valence-electron chi connectivity index (χ1n) is 10.0. The van der Waals surface area contributed by atoms with Crippen molar-refractivity contribution in [2.75, 3.05) is 31.8 Å². The van der Waals surface area contributed by atoms with Gasteiger partial charge in [0.25, 0.3) is 0 Å². The van der Waals surface area contributed by atoms with Crippen LogP contribution in [0.2, 0.25) is 0 Å². The number of nitrogens with two attached hydrogens (primary N) is 1. The van der Waals surface area contributed by atoms with E-state index in [1.807, 2.05) is 0 Å². The van der Waals surface area contributed by atoms with E-state index in [2.05, 4.69) is 33.2 Å². The van der Waals surface area contributed by atoms with E-state index < -0.39 is 67.6 Å². The third-order valence-corrected chi connectivity index (χ3v) is 5.51. The molecule has 1 atom stereocenters. The molecule has 1 aliphatic heterocycles. The van der Waals surface area contributed by atoms with E-state index in [-0.39, 0.29) is 13.0 Å². The summed E-state index contributed by atoms with van der Waals surface area (Å²) in [6.45, 7) is -0.854. The number of nitrogens with zero attached hydrogens (tertiary/aromatic N) is 2. The zero-order valence-corrected chi connectivity index (χ0v) is 20.4. The van der Waals surface area contributed by atoms with Gasteiger partial charge in [0.2, 0.25) is 23.6 Å². The van der Waals surface area contributed by atoms with Gasteiger partial charge < -0.3 is 26.2 Å². The first-order chi connectivity index (χ1) is 16.0. The Morgan fingerprint density at radius 1 is 1.21 bits per heavy atom. The van der Waals surface area contributed by atoms with E-state index in [1.165, 1.54) is 12.0 Å². The molecule has 0 saturated carbocycles. The average Bonchev–Trinajstić information content (AvgIpc) is 2.76. The van der Waals surface area contributed by atoms with Gasteiger partial charge in [0, 0.05) is 23.0 Å². The highest BCUT2D eigenvalue weighted by Gasteiger charge is 2.34. The fraction of sp³-hybridized carbons (Fsp3) is 0.400. The number of carboxylic acid groups (broad SMARTS) is 1. The van der Waals surface area contributed by atoms with Crippen LogP contribution in [0.5, 0.6) is 5.75 Å². The predicted octanol–water partition coefficient (Wildman–Crippen LogP) is -0.385. The number of carboxylic acids is 1. The maximum absolute atomic E-state index is 12.9. The number of carbonyl (C=O) groups is 6. The molecule has 6 amide bonds. The van der Waals surface area contributed by atoms with Gasteiger partial charge in [-0.15, -0.1) is 0 Å². The number of primary amides is 1. The van der Waals surface area contributed by atoms with Crippen molar-refractivity contribution >= 4 is 63.9 Å². The van der Waals surface area contributed by atoms with Gasteiger partial charge in [0.15, 0.2) is 0 Å². The molecular weight excluding hydrogens is 565 g/mol. The molecular formula is C20H24IN5O8. The lowest BCUT2D eigenvalue weighted by Gasteiger charge is -2.34. The van der Waals surface area contributed by atoms with Crippen molar-refractivity contribution in [2.45, 2.75) is 19.3 Å². The van der Waals surface area contributed by atoms with E-state index in [1.54, 1.807) is 18.2 Å². The molecule has 1 aliphatic rings. The quantitative estimate of drug-likeness (QED) is 0.251. The fourth-order valence-electron chi connectivity index (χ4n) is 3.20. The number of hydrogen-bond acceptors (Lipinski definition) is 7. The maximum Gasteiger partial charge on any atom is 0.332 e. The molecule has 0 radical (unpaired) electrons. The van der Waals surface area contributed by atoms with Gasteiger partial charge in [-0.1, -0.05) is 0 Å². The third-order valence-electron chi connectivity index (χ3n) is 4.84. The van der Waals surface area contributed by atoms with Gasteiger partial charge in [-0.25, -0.2) is 9.69 Å². The SMILES string of the molecule is COc1ccc(I)cc1N1CCC(=O)N(CNC(=O)CNC(=O)[C@@H](CC(N)=O)CC(=O)O)C1=O. The van der Waals surface area contributed by atoms with Crippen LogP contribution in [0, 0.1) is 9.49 Å². The van der Waals surface area contributed by atoms with Crippen molar-refractivity contribution in [3.63, 3.8) is 0 Å². The summed E-state index contributed by atoms with van der Waals surface area (Å²) in [4.78, 5) is 73.7. The standard InChI is InChI=1S/C20H24IN5O8/c1-34-14-3-2-12(21)8-13(14)25-5-4-17(29)26(20(25)33)10-24-16(28)9-23-19(32)11(6-15(22)27)7-18(30)31/h2-3,8,11H,4-7,9-10H2,1H3,(H2,22,27)(H,23,32)(H,24,28)(H,30,31)/t11-/m0/s1. The average molecular weight is 589 g/mol. The van der Waals surface area contributed by atoms with Crippen molar-refractivity contribution in [3.8, 4) is 5.75 Å². The number of anilines is 1. The lowest BCUT2D eigenvalue weighted by atomic mass is 10.00. The van der Waals surface area contributed by atoms with Crippen LogP contribution in [0.1, 0.15) is 19.3 Å². The molecule has 0 aliphatic carbocycles. The topological polar surface area (TPSA) is 188 Å². The summed E-state index contributed by atoms with van der Waals surface area (Å²) in [5, 5.41) is 13.4. The fourth-order valence-corrected chi connectivity index (χ4v) is 3.67. The number of carbonyl (C=O) groups excluding carboxylic acids is 5. The molecule has 2 rings (SSSR count). The number of hydrogen-bond donors (Lipinski definition) is 4.